The topological polar surface area (TPSA) is 54.3 Å². The fourth-order valence-electron chi connectivity index (χ4n) is 4.45. The number of nitrogens with zero attached hydrogens (tertiary/aromatic N) is 5. The molecule has 9 heteroatoms. The number of imidazole rings is 1. The molecule has 1 amide bonds. The first kappa shape index (κ1) is 29.1. The van der Waals surface area contributed by atoms with Crippen molar-refractivity contribution in [1.29, 1.82) is 0 Å². The van der Waals surface area contributed by atoms with E-state index in [2.05, 4.69) is 21.8 Å². The summed E-state index contributed by atoms with van der Waals surface area (Å²) in [5.41, 5.74) is 2.97. The molecule has 0 spiro atoms. The minimum atomic E-state index is -0.347. The maximum absolute atomic E-state index is 13.7. The number of benzene rings is 2. The van der Waals surface area contributed by atoms with Gasteiger partial charge < -0.3 is 14.4 Å². The summed E-state index contributed by atoms with van der Waals surface area (Å²) in [6, 6.07) is 20.6. The van der Waals surface area contributed by atoms with Gasteiger partial charge in [0.15, 0.2) is 0 Å². The van der Waals surface area contributed by atoms with Gasteiger partial charge in [-0.3, -0.25) is 4.79 Å². The van der Waals surface area contributed by atoms with Crippen LogP contribution in [0.4, 0.5) is 15.9 Å². The van der Waals surface area contributed by atoms with Crippen molar-refractivity contribution in [3.8, 4) is 0 Å². The summed E-state index contributed by atoms with van der Waals surface area (Å²) in [5.74, 6) is 1.17. The van der Waals surface area contributed by atoms with Crippen LogP contribution >= 0.6 is 24.8 Å². The van der Waals surface area contributed by atoms with Crippen molar-refractivity contribution < 1.29 is 9.18 Å². The number of hydrogen-bond acceptors (Lipinski definition) is 4. The third kappa shape index (κ3) is 6.71. The van der Waals surface area contributed by atoms with Crippen molar-refractivity contribution in [2.45, 2.75) is 38.8 Å². The largest absolute Gasteiger partial charge is 0.354 e. The highest BCUT2D eigenvalue weighted by atomic mass is 35.5. The van der Waals surface area contributed by atoms with Crippen LogP contribution in [0.1, 0.15) is 47.2 Å². The van der Waals surface area contributed by atoms with Gasteiger partial charge in [0.2, 0.25) is 0 Å². The number of carbonyl (C=O) groups is 1. The Hall–Kier alpha value is -3.42. The number of aromatic nitrogens is 3. The fraction of sp³-hybridized carbons (Fsp3) is 0.276. The van der Waals surface area contributed by atoms with Gasteiger partial charge in [-0.05, 0) is 61.2 Å². The third-order valence-corrected chi connectivity index (χ3v) is 6.55. The van der Waals surface area contributed by atoms with Crippen LogP contribution in [0.25, 0.3) is 0 Å². The number of halogens is 3. The van der Waals surface area contributed by atoms with Gasteiger partial charge in [0.05, 0.1) is 6.54 Å². The molecule has 1 aliphatic carbocycles. The third-order valence-electron chi connectivity index (χ3n) is 6.55. The Morgan fingerprint density at radius 2 is 1.71 bits per heavy atom. The Labute approximate surface area is 235 Å². The molecule has 0 bridgehead atoms. The monoisotopic (exact) mass is 555 g/mol. The van der Waals surface area contributed by atoms with Gasteiger partial charge in [0.25, 0.3) is 5.91 Å². The second-order valence-electron chi connectivity index (χ2n) is 9.23. The summed E-state index contributed by atoms with van der Waals surface area (Å²) in [6.45, 7) is 3.36. The number of carbonyl (C=O) groups excluding carboxylic acids is 1. The molecular weight excluding hydrogens is 524 g/mol. The molecule has 4 aromatic rings. The Kier molecular flexibility index (Phi) is 9.89. The van der Waals surface area contributed by atoms with Crippen molar-refractivity contribution in [2.24, 2.45) is 7.05 Å². The van der Waals surface area contributed by atoms with Crippen molar-refractivity contribution in [3.63, 3.8) is 0 Å². The molecule has 0 radical (unpaired) electrons. The first-order valence-corrected chi connectivity index (χ1v) is 12.4. The summed E-state index contributed by atoms with van der Waals surface area (Å²) in [7, 11) is 1.90. The molecule has 1 aliphatic rings. The lowest BCUT2D eigenvalue weighted by Crippen LogP contribution is -2.31. The van der Waals surface area contributed by atoms with Gasteiger partial charge in [-0.25, -0.2) is 14.4 Å². The van der Waals surface area contributed by atoms with Gasteiger partial charge in [-0.2, -0.15) is 0 Å². The highest BCUT2D eigenvalue weighted by Gasteiger charge is 2.29. The standard InChI is InChI=1S/C29H30FN5O.2ClH/c1-3-34(24-14-15-24)27-16-9-22(18-31-27)19-35(25-12-10-23(30)11-13-25)29(36)26-20-33(2)28(32-26)17-21-7-5-4-6-8-21;;/h4-13,16,18,20,24H,3,14-15,17,19H2,1-2H3;2*1H. The molecule has 1 fully saturated rings. The molecule has 200 valence electrons. The molecule has 0 unspecified atom stereocenters. The van der Waals surface area contributed by atoms with Crippen LogP contribution in [0.3, 0.4) is 0 Å². The molecule has 0 atom stereocenters. The SMILES string of the molecule is CCN(c1ccc(CN(C(=O)c2cn(C)c(Cc3ccccc3)n2)c2ccc(F)cc2)cn1)C1CC1.Cl.Cl. The van der Waals surface area contributed by atoms with Crippen LogP contribution in [-0.4, -0.2) is 33.0 Å². The lowest BCUT2D eigenvalue weighted by Gasteiger charge is -2.24. The summed E-state index contributed by atoms with van der Waals surface area (Å²) < 4.78 is 15.5. The lowest BCUT2D eigenvalue weighted by molar-refractivity contribution is 0.0980. The first-order chi connectivity index (χ1) is 17.5. The summed E-state index contributed by atoms with van der Waals surface area (Å²) in [6.07, 6.45) is 6.62. The van der Waals surface area contributed by atoms with E-state index in [1.165, 1.54) is 25.0 Å². The molecule has 0 N–H and O–H groups in total. The van der Waals surface area contributed by atoms with E-state index in [1.54, 1.807) is 23.2 Å². The number of hydrogen-bond donors (Lipinski definition) is 0. The Balaban J connectivity index is 0.00000200. The van der Waals surface area contributed by atoms with Crippen molar-refractivity contribution >= 4 is 42.2 Å². The van der Waals surface area contributed by atoms with E-state index in [9.17, 15) is 9.18 Å². The maximum atomic E-state index is 13.7. The van der Waals surface area contributed by atoms with Crippen LogP contribution < -0.4 is 9.80 Å². The second kappa shape index (κ2) is 12.9. The summed E-state index contributed by atoms with van der Waals surface area (Å²) >= 11 is 0. The Morgan fingerprint density at radius 1 is 1.00 bits per heavy atom. The number of rotatable bonds is 9. The second-order valence-corrected chi connectivity index (χ2v) is 9.23. The summed E-state index contributed by atoms with van der Waals surface area (Å²) in [5, 5.41) is 0. The van der Waals surface area contributed by atoms with Gasteiger partial charge in [0.1, 0.15) is 23.2 Å². The van der Waals surface area contributed by atoms with E-state index in [-0.39, 0.29) is 36.5 Å². The van der Waals surface area contributed by atoms with Crippen LogP contribution in [-0.2, 0) is 20.0 Å². The number of aryl methyl sites for hydroxylation is 1. The smallest absolute Gasteiger partial charge is 0.278 e. The van der Waals surface area contributed by atoms with Gasteiger partial charge in [-0.1, -0.05) is 36.4 Å². The Morgan fingerprint density at radius 3 is 2.32 bits per heavy atom. The van der Waals surface area contributed by atoms with Gasteiger partial charge in [0, 0.05) is 44.1 Å². The average molecular weight is 557 g/mol. The lowest BCUT2D eigenvalue weighted by atomic mass is 10.1. The molecule has 2 aromatic carbocycles. The van der Waals surface area contributed by atoms with Crippen LogP contribution in [0.5, 0.6) is 0 Å². The van der Waals surface area contributed by atoms with E-state index in [0.29, 0.717) is 30.4 Å². The van der Waals surface area contributed by atoms with Crippen molar-refractivity contribution in [1.82, 2.24) is 14.5 Å². The molecule has 1 saturated carbocycles. The maximum Gasteiger partial charge on any atom is 0.278 e. The zero-order chi connectivity index (χ0) is 25.1. The predicted molar refractivity (Wildman–Crippen MR) is 154 cm³/mol. The highest BCUT2D eigenvalue weighted by Crippen LogP contribution is 2.30. The molecule has 2 aromatic heterocycles. The number of amides is 1. The minimum absolute atomic E-state index is 0. The normalized spacial score (nSPS) is 12.3. The van der Waals surface area contributed by atoms with E-state index in [4.69, 9.17) is 0 Å². The fourth-order valence-corrected chi connectivity index (χ4v) is 4.45. The molecule has 5 rings (SSSR count). The minimum Gasteiger partial charge on any atom is -0.354 e. The zero-order valence-electron chi connectivity index (χ0n) is 21.5. The van der Waals surface area contributed by atoms with Crippen LogP contribution in [0, 0.1) is 5.82 Å². The van der Waals surface area contributed by atoms with Crippen molar-refractivity contribution in [3.05, 3.63) is 108 Å². The predicted octanol–water partition coefficient (Wildman–Crippen LogP) is 6.22. The van der Waals surface area contributed by atoms with Crippen LogP contribution in [0.15, 0.2) is 79.1 Å². The van der Waals surface area contributed by atoms with E-state index >= 15 is 0 Å². The highest BCUT2D eigenvalue weighted by molar-refractivity contribution is 6.04. The van der Waals surface area contributed by atoms with E-state index < -0.39 is 0 Å². The average Bonchev–Trinajstić information content (AvgIpc) is 3.67. The summed E-state index contributed by atoms with van der Waals surface area (Å²) in [4.78, 5) is 27.0. The van der Waals surface area contributed by atoms with Gasteiger partial charge in [-0.15, -0.1) is 24.8 Å². The quantitative estimate of drug-likeness (QED) is 0.246. The molecular formula is C29H32Cl2FN5O. The molecule has 0 aliphatic heterocycles. The number of pyridine rings is 1. The Bertz CT molecular complexity index is 1330. The van der Waals surface area contributed by atoms with E-state index in [0.717, 1.165) is 29.3 Å². The van der Waals surface area contributed by atoms with Crippen molar-refractivity contribution in [2.75, 3.05) is 16.3 Å². The van der Waals surface area contributed by atoms with Crippen LogP contribution in [0.2, 0.25) is 0 Å². The van der Waals surface area contributed by atoms with Gasteiger partial charge >= 0.3 is 0 Å². The molecule has 2 heterocycles. The first-order valence-electron chi connectivity index (χ1n) is 12.4. The molecule has 38 heavy (non-hydrogen) atoms. The molecule has 0 saturated heterocycles. The molecule has 6 nitrogen and oxygen atoms in total. The zero-order valence-corrected chi connectivity index (χ0v) is 23.1. The van der Waals surface area contributed by atoms with E-state index in [1.807, 2.05) is 60.3 Å². The number of anilines is 2.